The van der Waals surface area contributed by atoms with Crippen molar-refractivity contribution in [1.29, 1.82) is 0 Å². The van der Waals surface area contributed by atoms with Crippen LogP contribution in [0.2, 0.25) is 0 Å². The van der Waals surface area contributed by atoms with E-state index < -0.39 is 0 Å². The Hall–Kier alpha value is -1.07. The normalized spacial score (nSPS) is 10.8. The number of ether oxygens (including phenoxy) is 1. The zero-order valence-electron chi connectivity index (χ0n) is 12.8. The van der Waals surface area contributed by atoms with Crippen molar-refractivity contribution in [3.63, 3.8) is 0 Å². The molecule has 1 amide bonds. The van der Waals surface area contributed by atoms with Gasteiger partial charge in [0.2, 0.25) is 0 Å². The number of amides is 1. The average Bonchev–Trinajstić information content (AvgIpc) is 2.34. The largest absolute Gasteiger partial charge is 0.483 e. The minimum atomic E-state index is -0.0462. The molecule has 1 aromatic rings. The van der Waals surface area contributed by atoms with Gasteiger partial charge in [0.05, 0.1) is 0 Å². The van der Waals surface area contributed by atoms with Crippen molar-refractivity contribution in [1.82, 2.24) is 10.2 Å². The summed E-state index contributed by atoms with van der Waals surface area (Å²) in [4.78, 5) is 13.2. The molecule has 0 radical (unpaired) electrons. The van der Waals surface area contributed by atoms with E-state index in [0.717, 1.165) is 21.3 Å². The van der Waals surface area contributed by atoms with Crippen LogP contribution in [0.3, 0.4) is 0 Å². The summed E-state index contributed by atoms with van der Waals surface area (Å²) in [6.07, 6.45) is 0. The van der Waals surface area contributed by atoms with E-state index >= 15 is 0 Å². The monoisotopic (exact) mass is 342 g/mol. The number of likely N-dealkylation sites (N-methyl/N-ethyl adjacent to an activating group) is 1. The van der Waals surface area contributed by atoms with Gasteiger partial charge in [-0.2, -0.15) is 0 Å². The molecule has 1 N–H and O–H groups in total. The second kappa shape index (κ2) is 7.64. The van der Waals surface area contributed by atoms with Gasteiger partial charge >= 0.3 is 0 Å². The molecule has 5 heteroatoms. The highest BCUT2D eigenvalue weighted by atomic mass is 79.9. The van der Waals surface area contributed by atoms with Crippen molar-refractivity contribution in [2.45, 2.75) is 33.4 Å². The molecule has 20 heavy (non-hydrogen) atoms. The predicted octanol–water partition coefficient (Wildman–Crippen LogP) is 2.72. The molecule has 0 heterocycles. The fourth-order valence-electron chi connectivity index (χ4n) is 1.71. The molecular weight excluding hydrogens is 320 g/mol. The number of nitrogens with zero attached hydrogens (tertiary/aromatic N) is 1. The van der Waals surface area contributed by atoms with Crippen LogP contribution in [-0.4, -0.2) is 37.6 Å². The summed E-state index contributed by atoms with van der Waals surface area (Å²) in [7, 11) is 3.45. The summed E-state index contributed by atoms with van der Waals surface area (Å²) in [5.74, 6) is 0.742. The number of carbonyl (C=O) groups excluding carboxylic acids is 1. The van der Waals surface area contributed by atoms with E-state index in [1.165, 1.54) is 4.90 Å². The fourth-order valence-corrected chi connectivity index (χ4v) is 2.33. The van der Waals surface area contributed by atoms with Crippen LogP contribution in [0.5, 0.6) is 5.75 Å². The first-order valence-corrected chi connectivity index (χ1v) is 7.46. The Labute approximate surface area is 129 Å². The van der Waals surface area contributed by atoms with Crippen LogP contribution < -0.4 is 10.1 Å². The van der Waals surface area contributed by atoms with Gasteiger partial charge in [0.1, 0.15) is 5.75 Å². The number of rotatable bonds is 6. The lowest BCUT2D eigenvalue weighted by Gasteiger charge is -2.17. The third-order valence-corrected chi connectivity index (χ3v) is 3.31. The Morgan fingerprint density at radius 1 is 1.40 bits per heavy atom. The fraction of sp³-hybridized carbons (Fsp3) is 0.533. The van der Waals surface area contributed by atoms with Gasteiger partial charge in [0.15, 0.2) is 6.61 Å². The maximum absolute atomic E-state index is 11.6. The van der Waals surface area contributed by atoms with E-state index in [0.29, 0.717) is 12.6 Å². The summed E-state index contributed by atoms with van der Waals surface area (Å²) in [5.41, 5.74) is 2.07. The molecule has 112 valence electrons. The first kappa shape index (κ1) is 17.0. The Bertz CT molecular complexity index is 473. The summed E-state index contributed by atoms with van der Waals surface area (Å²) in [6.45, 7) is 6.95. The molecule has 0 spiro atoms. The molecular formula is C15H23BrN2O2. The minimum Gasteiger partial charge on any atom is -0.483 e. The van der Waals surface area contributed by atoms with Gasteiger partial charge in [-0.1, -0.05) is 29.8 Å². The Morgan fingerprint density at radius 2 is 2.05 bits per heavy atom. The highest BCUT2D eigenvalue weighted by molar-refractivity contribution is 9.10. The van der Waals surface area contributed by atoms with Crippen LogP contribution >= 0.6 is 15.9 Å². The van der Waals surface area contributed by atoms with Crippen LogP contribution in [0, 0.1) is 6.92 Å². The van der Waals surface area contributed by atoms with Gasteiger partial charge in [0, 0.05) is 36.7 Å². The summed E-state index contributed by atoms with van der Waals surface area (Å²) in [6, 6.07) is 4.41. The van der Waals surface area contributed by atoms with Crippen molar-refractivity contribution in [2.24, 2.45) is 0 Å². The van der Waals surface area contributed by atoms with Gasteiger partial charge in [-0.25, -0.2) is 0 Å². The van der Waals surface area contributed by atoms with Crippen LogP contribution in [0.1, 0.15) is 25.0 Å². The minimum absolute atomic E-state index is 0.0462. The van der Waals surface area contributed by atoms with Crippen LogP contribution in [-0.2, 0) is 11.3 Å². The molecule has 0 bridgehead atoms. The lowest BCUT2D eigenvalue weighted by molar-refractivity contribution is -0.130. The third kappa shape index (κ3) is 5.13. The molecule has 0 aliphatic heterocycles. The molecule has 1 rings (SSSR count). The second-order valence-electron chi connectivity index (χ2n) is 5.32. The number of nitrogens with one attached hydrogen (secondary N) is 1. The number of hydrogen-bond acceptors (Lipinski definition) is 3. The zero-order valence-corrected chi connectivity index (χ0v) is 14.4. The van der Waals surface area contributed by atoms with Gasteiger partial charge in [-0.3, -0.25) is 4.79 Å². The summed E-state index contributed by atoms with van der Waals surface area (Å²) < 4.78 is 6.74. The summed E-state index contributed by atoms with van der Waals surface area (Å²) in [5, 5.41) is 3.37. The van der Waals surface area contributed by atoms with E-state index in [-0.39, 0.29) is 12.5 Å². The zero-order chi connectivity index (χ0) is 15.3. The molecule has 0 aliphatic carbocycles. The molecule has 4 nitrogen and oxygen atoms in total. The van der Waals surface area contributed by atoms with Gasteiger partial charge in [-0.05, 0) is 24.6 Å². The number of aryl methyl sites for hydroxylation is 1. The molecule has 0 aromatic heterocycles. The number of benzene rings is 1. The maximum atomic E-state index is 11.6. The lowest BCUT2D eigenvalue weighted by atomic mass is 10.1. The predicted molar refractivity (Wildman–Crippen MR) is 85.0 cm³/mol. The SMILES string of the molecule is Cc1cc(Br)cc(CNC(C)C)c1OCC(=O)N(C)C. The Morgan fingerprint density at radius 3 is 2.60 bits per heavy atom. The first-order valence-electron chi connectivity index (χ1n) is 6.66. The molecule has 1 aromatic carbocycles. The maximum Gasteiger partial charge on any atom is 0.259 e. The molecule has 0 saturated heterocycles. The average molecular weight is 343 g/mol. The third-order valence-electron chi connectivity index (χ3n) is 2.86. The number of hydrogen-bond donors (Lipinski definition) is 1. The van der Waals surface area contributed by atoms with Crippen LogP contribution in [0.4, 0.5) is 0 Å². The van der Waals surface area contributed by atoms with Crippen molar-refractivity contribution >= 4 is 21.8 Å². The Balaban J connectivity index is 2.89. The van der Waals surface area contributed by atoms with E-state index in [1.807, 2.05) is 19.1 Å². The van der Waals surface area contributed by atoms with Gasteiger partial charge in [0.25, 0.3) is 5.91 Å². The van der Waals surface area contributed by atoms with Crippen molar-refractivity contribution < 1.29 is 9.53 Å². The van der Waals surface area contributed by atoms with Crippen LogP contribution in [0.25, 0.3) is 0 Å². The molecule has 0 unspecified atom stereocenters. The summed E-state index contributed by atoms with van der Waals surface area (Å²) >= 11 is 3.50. The number of carbonyl (C=O) groups is 1. The standard InChI is InChI=1S/C15H23BrN2O2/c1-10(2)17-8-12-7-13(16)6-11(3)15(12)20-9-14(19)18(4)5/h6-7,10,17H,8-9H2,1-5H3. The van der Waals surface area contributed by atoms with Crippen LogP contribution in [0.15, 0.2) is 16.6 Å². The van der Waals surface area contributed by atoms with Crippen molar-refractivity contribution in [2.75, 3.05) is 20.7 Å². The topological polar surface area (TPSA) is 41.6 Å². The van der Waals surface area contributed by atoms with E-state index in [4.69, 9.17) is 4.74 Å². The van der Waals surface area contributed by atoms with Crippen molar-refractivity contribution in [3.8, 4) is 5.75 Å². The molecule has 0 fully saturated rings. The highest BCUT2D eigenvalue weighted by Gasteiger charge is 2.12. The van der Waals surface area contributed by atoms with Crippen molar-refractivity contribution in [3.05, 3.63) is 27.7 Å². The molecule has 0 saturated carbocycles. The first-order chi connectivity index (χ1) is 9.31. The van der Waals surface area contributed by atoms with Gasteiger partial charge < -0.3 is 15.0 Å². The van der Waals surface area contributed by atoms with E-state index in [9.17, 15) is 4.79 Å². The highest BCUT2D eigenvalue weighted by Crippen LogP contribution is 2.28. The lowest BCUT2D eigenvalue weighted by Crippen LogP contribution is -2.28. The quantitative estimate of drug-likeness (QED) is 0.864. The Kier molecular flexibility index (Phi) is 6.49. The smallest absolute Gasteiger partial charge is 0.259 e. The van der Waals surface area contributed by atoms with E-state index in [2.05, 4.69) is 35.1 Å². The second-order valence-corrected chi connectivity index (χ2v) is 6.24. The van der Waals surface area contributed by atoms with E-state index in [1.54, 1.807) is 14.1 Å². The number of halogens is 1. The molecule has 0 aliphatic rings. The van der Waals surface area contributed by atoms with Gasteiger partial charge in [-0.15, -0.1) is 0 Å². The molecule has 0 atom stereocenters.